The minimum atomic E-state index is 0.345. The van der Waals surface area contributed by atoms with Crippen LogP contribution in [0.3, 0.4) is 0 Å². The first-order valence-electron chi connectivity index (χ1n) is 8.61. The van der Waals surface area contributed by atoms with Crippen molar-refractivity contribution >= 4 is 5.69 Å². The van der Waals surface area contributed by atoms with Crippen molar-refractivity contribution in [1.82, 2.24) is 0 Å². The summed E-state index contributed by atoms with van der Waals surface area (Å²) in [4.78, 5) is 2.57. The van der Waals surface area contributed by atoms with E-state index in [9.17, 15) is 0 Å². The number of hydrogen-bond acceptors (Lipinski definition) is 3. The Kier molecular flexibility index (Phi) is 3.96. The average Bonchev–Trinajstić information content (AvgIpc) is 2.64. The highest BCUT2D eigenvalue weighted by Crippen LogP contribution is 2.39. The van der Waals surface area contributed by atoms with E-state index in [1.165, 1.54) is 18.5 Å². The summed E-state index contributed by atoms with van der Waals surface area (Å²) in [5, 5.41) is 0. The number of nitrogens with two attached hydrogens (primary N) is 1. The molecule has 3 nitrogen and oxygen atoms in total. The maximum Gasteiger partial charge on any atom is 0.119 e. The van der Waals surface area contributed by atoms with Crippen LogP contribution in [0.15, 0.2) is 54.6 Å². The van der Waals surface area contributed by atoms with Crippen LogP contribution in [-0.4, -0.2) is 18.7 Å². The lowest BCUT2D eigenvalue weighted by molar-refractivity contribution is 0.0572. The van der Waals surface area contributed by atoms with Crippen LogP contribution in [0.5, 0.6) is 5.75 Å². The van der Waals surface area contributed by atoms with Gasteiger partial charge in [-0.15, -0.1) is 0 Å². The zero-order valence-corrected chi connectivity index (χ0v) is 13.4. The number of para-hydroxylation sites is 1. The van der Waals surface area contributed by atoms with Crippen molar-refractivity contribution in [2.45, 2.75) is 38.0 Å². The molecule has 3 heteroatoms. The largest absolute Gasteiger partial charge is 0.490 e. The standard InChI is InChI=1S/C20H24N2O/c21-13-15-6-10-19(11-7-15)23-20-12-18-9-8-16(20)14-22(18)17-4-2-1-3-5-17/h1-7,10-11,16,18,20H,8-9,12-14,21H2. The van der Waals surface area contributed by atoms with Crippen LogP contribution < -0.4 is 15.4 Å². The van der Waals surface area contributed by atoms with Crippen LogP contribution >= 0.6 is 0 Å². The summed E-state index contributed by atoms with van der Waals surface area (Å²) in [5.74, 6) is 1.60. The van der Waals surface area contributed by atoms with Gasteiger partial charge in [-0.25, -0.2) is 0 Å². The quantitative estimate of drug-likeness (QED) is 0.938. The first-order valence-corrected chi connectivity index (χ1v) is 8.61. The molecule has 2 saturated heterocycles. The lowest BCUT2D eigenvalue weighted by Gasteiger charge is -2.50. The van der Waals surface area contributed by atoms with Crippen LogP contribution in [0.25, 0.3) is 0 Å². The number of anilines is 1. The molecule has 0 aromatic heterocycles. The number of benzene rings is 2. The fourth-order valence-corrected chi connectivity index (χ4v) is 4.02. The first-order chi connectivity index (χ1) is 11.3. The molecule has 2 aromatic carbocycles. The predicted octanol–water partition coefficient (Wildman–Crippen LogP) is 3.58. The fourth-order valence-electron chi connectivity index (χ4n) is 4.02. The fraction of sp³-hybridized carbons (Fsp3) is 0.400. The molecule has 5 rings (SSSR count). The zero-order chi connectivity index (χ0) is 15.6. The van der Waals surface area contributed by atoms with Crippen LogP contribution in [0, 0.1) is 5.92 Å². The van der Waals surface area contributed by atoms with Gasteiger partial charge >= 0.3 is 0 Å². The van der Waals surface area contributed by atoms with E-state index in [0.717, 1.165) is 24.3 Å². The molecule has 3 atom stereocenters. The Morgan fingerprint density at radius 3 is 2.43 bits per heavy atom. The van der Waals surface area contributed by atoms with E-state index in [-0.39, 0.29) is 0 Å². The second-order valence-electron chi connectivity index (χ2n) is 6.72. The van der Waals surface area contributed by atoms with Gasteiger partial charge < -0.3 is 15.4 Å². The van der Waals surface area contributed by atoms with Gasteiger partial charge in [-0.2, -0.15) is 0 Å². The van der Waals surface area contributed by atoms with Crippen LogP contribution in [0.2, 0.25) is 0 Å². The van der Waals surface area contributed by atoms with Crippen LogP contribution in [-0.2, 0) is 6.54 Å². The molecule has 3 unspecified atom stereocenters. The molecule has 3 aliphatic rings. The smallest absolute Gasteiger partial charge is 0.119 e. The zero-order valence-electron chi connectivity index (χ0n) is 13.4. The Morgan fingerprint density at radius 2 is 1.78 bits per heavy atom. The van der Waals surface area contributed by atoms with E-state index < -0.39 is 0 Å². The topological polar surface area (TPSA) is 38.5 Å². The van der Waals surface area contributed by atoms with E-state index >= 15 is 0 Å². The molecular weight excluding hydrogens is 284 g/mol. The summed E-state index contributed by atoms with van der Waals surface area (Å²) in [7, 11) is 0. The van der Waals surface area contributed by atoms with Gasteiger partial charge in [-0.05, 0) is 42.7 Å². The summed E-state index contributed by atoms with van der Waals surface area (Å²) in [6.07, 6.45) is 4.03. The minimum absolute atomic E-state index is 0.345. The van der Waals surface area contributed by atoms with Gasteiger partial charge in [0.25, 0.3) is 0 Å². The molecule has 0 amide bonds. The Bertz CT molecular complexity index is 640. The number of hydrogen-bond donors (Lipinski definition) is 1. The molecule has 23 heavy (non-hydrogen) atoms. The first kappa shape index (κ1) is 14.6. The molecule has 1 aliphatic carbocycles. The van der Waals surface area contributed by atoms with Gasteiger partial charge in [-0.1, -0.05) is 30.3 Å². The molecule has 2 aliphatic heterocycles. The minimum Gasteiger partial charge on any atom is -0.490 e. The van der Waals surface area contributed by atoms with Crippen molar-refractivity contribution in [3.05, 3.63) is 60.2 Å². The predicted molar refractivity (Wildman–Crippen MR) is 93.7 cm³/mol. The molecule has 1 saturated carbocycles. The second kappa shape index (κ2) is 6.25. The van der Waals surface area contributed by atoms with Crippen LogP contribution in [0.4, 0.5) is 5.69 Å². The normalized spacial score (nSPS) is 26.3. The van der Waals surface area contributed by atoms with Gasteiger partial charge in [-0.3, -0.25) is 0 Å². The van der Waals surface area contributed by atoms with E-state index in [1.54, 1.807) is 0 Å². The van der Waals surface area contributed by atoms with E-state index in [0.29, 0.717) is 24.6 Å². The number of piperidine rings is 2. The van der Waals surface area contributed by atoms with Gasteiger partial charge in [0, 0.05) is 37.2 Å². The van der Waals surface area contributed by atoms with Gasteiger partial charge in [0.2, 0.25) is 0 Å². The molecular formula is C20H24N2O. The molecule has 2 bridgehead atoms. The second-order valence-corrected chi connectivity index (χ2v) is 6.72. The monoisotopic (exact) mass is 308 g/mol. The lowest BCUT2D eigenvalue weighted by Crippen LogP contribution is -2.55. The summed E-state index contributed by atoms with van der Waals surface area (Å²) >= 11 is 0. The molecule has 2 heterocycles. The SMILES string of the molecule is NCc1ccc(OC2CC3CCC2CN3c2ccccc2)cc1. The third kappa shape index (κ3) is 2.93. The van der Waals surface area contributed by atoms with Crippen molar-refractivity contribution in [3.63, 3.8) is 0 Å². The highest BCUT2D eigenvalue weighted by molar-refractivity contribution is 5.48. The van der Waals surface area contributed by atoms with E-state index in [4.69, 9.17) is 10.5 Å². The Labute approximate surface area is 138 Å². The Balaban J connectivity index is 1.45. The number of ether oxygens (including phenoxy) is 1. The van der Waals surface area contributed by atoms with Crippen molar-refractivity contribution in [2.75, 3.05) is 11.4 Å². The summed E-state index contributed by atoms with van der Waals surface area (Å²) < 4.78 is 6.31. The number of nitrogens with zero attached hydrogens (tertiary/aromatic N) is 1. The lowest BCUT2D eigenvalue weighted by atomic mass is 9.77. The number of rotatable bonds is 4. The average molecular weight is 308 g/mol. The molecule has 0 radical (unpaired) electrons. The summed E-state index contributed by atoms with van der Waals surface area (Å²) in [6.45, 7) is 1.70. The van der Waals surface area contributed by atoms with Crippen LogP contribution in [0.1, 0.15) is 24.8 Å². The molecule has 2 N–H and O–H groups in total. The van der Waals surface area contributed by atoms with Gasteiger partial charge in [0.15, 0.2) is 0 Å². The van der Waals surface area contributed by atoms with Crippen molar-refractivity contribution in [2.24, 2.45) is 11.7 Å². The molecule has 2 aromatic rings. The van der Waals surface area contributed by atoms with Gasteiger partial charge in [0.1, 0.15) is 11.9 Å². The maximum atomic E-state index is 6.31. The highest BCUT2D eigenvalue weighted by Gasteiger charge is 2.41. The van der Waals surface area contributed by atoms with Crippen molar-refractivity contribution in [1.29, 1.82) is 0 Å². The molecule has 3 fully saturated rings. The Hall–Kier alpha value is -2.00. The van der Waals surface area contributed by atoms with Crippen molar-refractivity contribution in [3.8, 4) is 5.75 Å². The highest BCUT2D eigenvalue weighted by atomic mass is 16.5. The maximum absolute atomic E-state index is 6.31. The van der Waals surface area contributed by atoms with Crippen molar-refractivity contribution < 1.29 is 4.74 Å². The number of fused-ring (bicyclic) bond motifs is 3. The molecule has 0 spiro atoms. The van der Waals surface area contributed by atoms with E-state index in [2.05, 4.69) is 59.5 Å². The summed E-state index contributed by atoms with van der Waals surface area (Å²) in [6, 6.07) is 19.6. The third-order valence-electron chi connectivity index (χ3n) is 5.31. The van der Waals surface area contributed by atoms with Gasteiger partial charge in [0.05, 0.1) is 0 Å². The summed E-state index contributed by atoms with van der Waals surface area (Å²) in [5.41, 5.74) is 8.16. The molecule has 120 valence electrons. The third-order valence-corrected chi connectivity index (χ3v) is 5.31. The van der Waals surface area contributed by atoms with E-state index in [1.807, 2.05) is 0 Å². The Morgan fingerprint density at radius 1 is 1.00 bits per heavy atom.